The lowest BCUT2D eigenvalue weighted by Crippen LogP contribution is -2.48. The molecule has 144 valence electrons. The molecule has 1 saturated heterocycles. The van der Waals surface area contributed by atoms with Crippen molar-refractivity contribution in [2.24, 2.45) is 11.3 Å². The van der Waals surface area contributed by atoms with Gasteiger partial charge in [-0.25, -0.2) is 0 Å². The molecule has 2 aliphatic rings. The van der Waals surface area contributed by atoms with Gasteiger partial charge in [0, 0.05) is 19.6 Å². The molecule has 1 aliphatic heterocycles. The third kappa shape index (κ3) is 7.17. The second-order valence-electron chi connectivity index (χ2n) is 8.80. The lowest BCUT2D eigenvalue weighted by atomic mass is 9.72. The highest BCUT2D eigenvalue weighted by molar-refractivity contribution is 5.85. The molecule has 4 nitrogen and oxygen atoms in total. The molecular formula is C19H38ClNO3. The maximum absolute atomic E-state index is 10.3. The average molecular weight is 364 g/mol. The number of hydrogen-bond acceptors (Lipinski definition) is 4. The van der Waals surface area contributed by atoms with Crippen molar-refractivity contribution in [2.45, 2.75) is 84.7 Å². The lowest BCUT2D eigenvalue weighted by Gasteiger charge is -2.38. The molecule has 1 heterocycles. The zero-order valence-corrected chi connectivity index (χ0v) is 17.0. The second-order valence-corrected chi connectivity index (χ2v) is 8.80. The molecule has 3 atom stereocenters. The van der Waals surface area contributed by atoms with Crippen molar-refractivity contribution >= 4 is 12.4 Å². The standard InChI is InChI=1S/C19H37NO3.ClH/c1-14-10-20(11-15(2)23-14)12-17(21)13-22-18-8-6-16(7-9-18)19(3,4)5;/h14-18,21H,6-13H2,1-5H3;1H. The number of rotatable bonds is 5. The summed E-state index contributed by atoms with van der Waals surface area (Å²) in [4.78, 5) is 2.30. The highest BCUT2D eigenvalue weighted by Gasteiger charge is 2.30. The van der Waals surface area contributed by atoms with Crippen molar-refractivity contribution in [1.29, 1.82) is 0 Å². The van der Waals surface area contributed by atoms with E-state index in [9.17, 15) is 5.11 Å². The summed E-state index contributed by atoms with van der Waals surface area (Å²) in [5, 5.41) is 10.3. The predicted molar refractivity (Wildman–Crippen MR) is 101 cm³/mol. The topological polar surface area (TPSA) is 41.9 Å². The molecular weight excluding hydrogens is 326 g/mol. The SMILES string of the molecule is CC1CN(CC(O)COC2CCC(C(C)(C)C)CC2)CC(C)O1.Cl. The van der Waals surface area contributed by atoms with E-state index in [1.165, 1.54) is 12.8 Å². The first-order valence-corrected chi connectivity index (χ1v) is 9.41. The van der Waals surface area contributed by atoms with Gasteiger partial charge in [0.2, 0.25) is 0 Å². The van der Waals surface area contributed by atoms with Crippen LogP contribution in [-0.4, -0.2) is 60.7 Å². The zero-order valence-electron chi connectivity index (χ0n) is 16.2. The Hall–Kier alpha value is 0.130. The number of β-amino-alcohol motifs (C(OH)–C–C–N with tert-alkyl or cyclic N) is 1. The van der Waals surface area contributed by atoms with E-state index in [0.29, 0.717) is 24.7 Å². The minimum Gasteiger partial charge on any atom is -0.389 e. The monoisotopic (exact) mass is 363 g/mol. The van der Waals surface area contributed by atoms with Crippen LogP contribution in [0.15, 0.2) is 0 Å². The molecule has 24 heavy (non-hydrogen) atoms. The van der Waals surface area contributed by atoms with Crippen LogP contribution in [0.4, 0.5) is 0 Å². The number of ether oxygens (including phenoxy) is 2. The molecule has 1 saturated carbocycles. The molecule has 3 unspecified atom stereocenters. The minimum absolute atomic E-state index is 0. The Labute approximate surface area is 154 Å². The van der Waals surface area contributed by atoms with E-state index in [2.05, 4.69) is 39.5 Å². The largest absolute Gasteiger partial charge is 0.389 e. The van der Waals surface area contributed by atoms with Crippen LogP contribution in [-0.2, 0) is 9.47 Å². The van der Waals surface area contributed by atoms with Crippen molar-refractivity contribution in [1.82, 2.24) is 4.90 Å². The molecule has 5 heteroatoms. The minimum atomic E-state index is -0.396. The van der Waals surface area contributed by atoms with Crippen molar-refractivity contribution in [2.75, 3.05) is 26.2 Å². The third-order valence-corrected chi connectivity index (χ3v) is 5.39. The van der Waals surface area contributed by atoms with Gasteiger partial charge in [0.1, 0.15) is 0 Å². The van der Waals surface area contributed by atoms with Crippen molar-refractivity contribution in [3.63, 3.8) is 0 Å². The molecule has 0 bridgehead atoms. The number of halogens is 1. The normalized spacial score (nSPS) is 33.8. The van der Waals surface area contributed by atoms with Crippen LogP contribution in [0.3, 0.4) is 0 Å². The van der Waals surface area contributed by atoms with E-state index >= 15 is 0 Å². The summed E-state index contributed by atoms with van der Waals surface area (Å²) in [6.07, 6.45) is 5.23. The third-order valence-electron chi connectivity index (χ3n) is 5.39. The van der Waals surface area contributed by atoms with E-state index < -0.39 is 6.10 Å². The lowest BCUT2D eigenvalue weighted by molar-refractivity contribution is -0.0889. The van der Waals surface area contributed by atoms with Crippen LogP contribution in [0, 0.1) is 11.3 Å². The summed E-state index contributed by atoms with van der Waals surface area (Å²) in [7, 11) is 0. The second kappa shape index (κ2) is 9.72. The van der Waals surface area contributed by atoms with Crippen molar-refractivity contribution in [3.05, 3.63) is 0 Å². The first-order valence-electron chi connectivity index (χ1n) is 9.41. The van der Waals surface area contributed by atoms with Gasteiger partial charge in [-0.3, -0.25) is 4.90 Å². The summed E-state index contributed by atoms with van der Waals surface area (Å²) in [6, 6.07) is 0. The van der Waals surface area contributed by atoms with Gasteiger partial charge in [-0.1, -0.05) is 20.8 Å². The first-order chi connectivity index (χ1) is 10.7. The molecule has 2 fully saturated rings. The number of nitrogens with zero attached hydrogens (tertiary/aromatic N) is 1. The molecule has 0 spiro atoms. The maximum Gasteiger partial charge on any atom is 0.0900 e. The molecule has 1 aliphatic carbocycles. The highest BCUT2D eigenvalue weighted by Crippen LogP contribution is 2.38. The zero-order chi connectivity index (χ0) is 17.0. The Balaban J connectivity index is 0.00000288. The van der Waals surface area contributed by atoms with Gasteiger partial charge in [-0.2, -0.15) is 0 Å². The fraction of sp³-hybridized carbons (Fsp3) is 1.00. The quantitative estimate of drug-likeness (QED) is 0.811. The number of aliphatic hydroxyl groups is 1. The van der Waals surface area contributed by atoms with Gasteiger partial charge in [0.05, 0.1) is 31.0 Å². The van der Waals surface area contributed by atoms with E-state index in [0.717, 1.165) is 31.8 Å². The Morgan fingerprint density at radius 2 is 1.62 bits per heavy atom. The summed E-state index contributed by atoms with van der Waals surface area (Å²) < 4.78 is 11.7. The Morgan fingerprint density at radius 1 is 1.08 bits per heavy atom. The van der Waals surface area contributed by atoms with Crippen LogP contribution in [0.5, 0.6) is 0 Å². The van der Waals surface area contributed by atoms with Gasteiger partial charge in [0.15, 0.2) is 0 Å². The van der Waals surface area contributed by atoms with Gasteiger partial charge in [-0.05, 0) is 50.9 Å². The Morgan fingerprint density at radius 3 is 2.12 bits per heavy atom. The summed E-state index contributed by atoms with van der Waals surface area (Å²) in [5.41, 5.74) is 0.411. The van der Waals surface area contributed by atoms with E-state index in [4.69, 9.17) is 9.47 Å². The highest BCUT2D eigenvalue weighted by atomic mass is 35.5. The molecule has 0 aromatic rings. The average Bonchev–Trinajstić information content (AvgIpc) is 2.43. The summed E-state index contributed by atoms with van der Waals surface area (Å²) in [6.45, 7) is 14.2. The van der Waals surface area contributed by atoms with Crippen LogP contribution in [0.1, 0.15) is 60.3 Å². The van der Waals surface area contributed by atoms with E-state index in [1.807, 2.05) is 0 Å². The molecule has 0 radical (unpaired) electrons. The predicted octanol–water partition coefficient (Wildman–Crippen LogP) is 3.50. The van der Waals surface area contributed by atoms with Crippen LogP contribution < -0.4 is 0 Å². The van der Waals surface area contributed by atoms with Crippen LogP contribution in [0.2, 0.25) is 0 Å². The van der Waals surface area contributed by atoms with E-state index in [-0.39, 0.29) is 24.6 Å². The Kier molecular flexibility index (Phi) is 8.98. The molecule has 0 aromatic heterocycles. The fourth-order valence-electron chi connectivity index (χ4n) is 4.13. The first kappa shape index (κ1) is 22.2. The molecule has 2 rings (SSSR count). The molecule has 0 amide bonds. The van der Waals surface area contributed by atoms with Gasteiger partial charge in [0.25, 0.3) is 0 Å². The summed E-state index contributed by atoms with van der Waals surface area (Å²) >= 11 is 0. The number of aliphatic hydroxyl groups excluding tert-OH is 1. The van der Waals surface area contributed by atoms with Crippen molar-refractivity contribution in [3.8, 4) is 0 Å². The van der Waals surface area contributed by atoms with Crippen LogP contribution in [0.25, 0.3) is 0 Å². The summed E-state index contributed by atoms with van der Waals surface area (Å²) in [5.74, 6) is 0.809. The smallest absolute Gasteiger partial charge is 0.0900 e. The molecule has 0 aromatic carbocycles. The number of morpholine rings is 1. The van der Waals surface area contributed by atoms with E-state index in [1.54, 1.807) is 0 Å². The van der Waals surface area contributed by atoms with Gasteiger partial charge < -0.3 is 14.6 Å². The van der Waals surface area contributed by atoms with Crippen LogP contribution >= 0.6 is 12.4 Å². The molecule has 1 N–H and O–H groups in total. The Bertz CT molecular complexity index is 343. The van der Waals surface area contributed by atoms with Crippen molar-refractivity contribution < 1.29 is 14.6 Å². The fourth-order valence-corrected chi connectivity index (χ4v) is 4.13. The van der Waals surface area contributed by atoms with Gasteiger partial charge >= 0.3 is 0 Å². The number of hydrogen-bond donors (Lipinski definition) is 1. The maximum atomic E-state index is 10.3. The van der Waals surface area contributed by atoms with Gasteiger partial charge in [-0.15, -0.1) is 12.4 Å².